The van der Waals surface area contributed by atoms with Crippen molar-refractivity contribution in [2.45, 2.75) is 12.8 Å². The highest BCUT2D eigenvalue weighted by Gasteiger charge is 2.24. The highest BCUT2D eigenvalue weighted by Crippen LogP contribution is 2.16. The highest BCUT2D eigenvalue weighted by atomic mass is 16.5. The minimum atomic E-state index is 0.0000507. The Morgan fingerprint density at radius 3 is 2.57 bits per heavy atom. The van der Waals surface area contributed by atoms with Crippen LogP contribution in [0.5, 0.6) is 5.75 Å². The number of likely N-dealkylation sites (tertiary alicyclic amines) is 1. The third-order valence-corrected chi connectivity index (χ3v) is 4.01. The standard InChI is InChI=1S/C17H25N3O3/c1-18-17(22)14-7-10-20(11-8-14)13-16(21)19-9-12-23-15-5-3-2-4-6-15/h2-6,14H,7-13H2,1H3,(H,18,22)(H,19,21). The van der Waals surface area contributed by atoms with Gasteiger partial charge in [0.1, 0.15) is 12.4 Å². The SMILES string of the molecule is CNC(=O)C1CCN(CC(=O)NCCOc2ccccc2)CC1. The monoisotopic (exact) mass is 319 g/mol. The van der Waals surface area contributed by atoms with E-state index in [-0.39, 0.29) is 17.7 Å². The Hall–Kier alpha value is -2.08. The molecule has 126 valence electrons. The number of nitrogens with one attached hydrogen (secondary N) is 2. The van der Waals surface area contributed by atoms with Crippen LogP contribution in [0.4, 0.5) is 0 Å². The van der Waals surface area contributed by atoms with Gasteiger partial charge in [0.25, 0.3) is 0 Å². The molecule has 23 heavy (non-hydrogen) atoms. The second-order valence-electron chi connectivity index (χ2n) is 5.68. The number of amides is 2. The van der Waals surface area contributed by atoms with Crippen molar-refractivity contribution in [3.63, 3.8) is 0 Å². The lowest BCUT2D eigenvalue weighted by Crippen LogP contribution is -2.44. The average Bonchev–Trinajstić information content (AvgIpc) is 2.59. The number of benzene rings is 1. The zero-order valence-electron chi connectivity index (χ0n) is 13.6. The lowest BCUT2D eigenvalue weighted by molar-refractivity contribution is -0.126. The molecule has 0 unspecified atom stereocenters. The molecule has 0 saturated carbocycles. The summed E-state index contributed by atoms with van der Waals surface area (Å²) in [7, 11) is 1.67. The van der Waals surface area contributed by atoms with Crippen LogP contribution < -0.4 is 15.4 Å². The first-order valence-corrected chi connectivity index (χ1v) is 8.07. The molecule has 2 rings (SSSR count). The Morgan fingerprint density at radius 1 is 1.22 bits per heavy atom. The molecule has 6 heteroatoms. The maximum atomic E-state index is 11.9. The van der Waals surface area contributed by atoms with Crippen molar-refractivity contribution in [1.82, 2.24) is 15.5 Å². The lowest BCUT2D eigenvalue weighted by atomic mass is 9.96. The van der Waals surface area contributed by atoms with E-state index in [9.17, 15) is 9.59 Å². The summed E-state index contributed by atoms with van der Waals surface area (Å²) in [5.41, 5.74) is 0. The van der Waals surface area contributed by atoms with Crippen molar-refractivity contribution >= 4 is 11.8 Å². The van der Waals surface area contributed by atoms with Gasteiger partial charge in [-0.2, -0.15) is 0 Å². The van der Waals surface area contributed by atoms with Crippen molar-refractivity contribution < 1.29 is 14.3 Å². The molecule has 1 aliphatic rings. The summed E-state index contributed by atoms with van der Waals surface area (Å²) in [5, 5.41) is 5.55. The summed E-state index contributed by atoms with van der Waals surface area (Å²) in [6.07, 6.45) is 1.62. The van der Waals surface area contributed by atoms with Gasteiger partial charge in [-0.1, -0.05) is 18.2 Å². The molecule has 0 atom stereocenters. The van der Waals surface area contributed by atoms with Gasteiger partial charge in [0, 0.05) is 13.0 Å². The Morgan fingerprint density at radius 2 is 1.91 bits per heavy atom. The quantitative estimate of drug-likeness (QED) is 0.724. The van der Waals surface area contributed by atoms with Gasteiger partial charge in [-0.15, -0.1) is 0 Å². The molecule has 1 heterocycles. The van der Waals surface area contributed by atoms with Gasteiger partial charge in [-0.05, 0) is 38.1 Å². The summed E-state index contributed by atoms with van der Waals surface area (Å²) in [6.45, 7) is 2.89. The van der Waals surface area contributed by atoms with E-state index in [4.69, 9.17) is 4.74 Å². The van der Waals surface area contributed by atoms with E-state index in [2.05, 4.69) is 15.5 Å². The fourth-order valence-electron chi connectivity index (χ4n) is 2.69. The van der Waals surface area contributed by atoms with Gasteiger partial charge in [-0.3, -0.25) is 14.5 Å². The number of hydrogen-bond acceptors (Lipinski definition) is 4. The van der Waals surface area contributed by atoms with Gasteiger partial charge in [-0.25, -0.2) is 0 Å². The number of piperidine rings is 1. The van der Waals surface area contributed by atoms with Crippen LogP contribution in [0.3, 0.4) is 0 Å². The van der Waals surface area contributed by atoms with Crippen molar-refractivity contribution in [1.29, 1.82) is 0 Å². The van der Waals surface area contributed by atoms with Crippen molar-refractivity contribution in [2.75, 3.05) is 39.8 Å². The van der Waals surface area contributed by atoms with E-state index in [1.165, 1.54) is 0 Å². The topological polar surface area (TPSA) is 70.7 Å². The zero-order chi connectivity index (χ0) is 16.5. The van der Waals surface area contributed by atoms with Gasteiger partial charge in [0.05, 0.1) is 13.1 Å². The Bertz CT molecular complexity index is 499. The second-order valence-corrected chi connectivity index (χ2v) is 5.68. The summed E-state index contributed by atoms with van der Waals surface area (Å²) in [6, 6.07) is 9.53. The molecule has 2 amide bonds. The molecule has 2 N–H and O–H groups in total. The molecule has 0 bridgehead atoms. The maximum absolute atomic E-state index is 11.9. The molecule has 1 aromatic rings. The first-order valence-electron chi connectivity index (χ1n) is 8.07. The molecule has 1 aromatic carbocycles. The number of carbonyl (C=O) groups is 2. The predicted molar refractivity (Wildman–Crippen MR) is 88.2 cm³/mol. The Balaban J connectivity index is 1.58. The molecular weight excluding hydrogens is 294 g/mol. The van der Waals surface area contributed by atoms with E-state index < -0.39 is 0 Å². The van der Waals surface area contributed by atoms with Crippen LogP contribution in [0.15, 0.2) is 30.3 Å². The Labute approximate surface area is 137 Å². The number of nitrogens with zero attached hydrogens (tertiary/aromatic N) is 1. The van der Waals surface area contributed by atoms with Crippen LogP contribution in [0, 0.1) is 5.92 Å². The van der Waals surface area contributed by atoms with Crippen LogP contribution >= 0.6 is 0 Å². The summed E-state index contributed by atoms with van der Waals surface area (Å²) in [4.78, 5) is 25.6. The van der Waals surface area contributed by atoms with Crippen molar-refractivity contribution in [3.05, 3.63) is 30.3 Å². The van der Waals surface area contributed by atoms with E-state index in [0.717, 1.165) is 31.7 Å². The van der Waals surface area contributed by atoms with Gasteiger partial charge in [0.15, 0.2) is 0 Å². The summed E-state index contributed by atoms with van der Waals surface area (Å²) >= 11 is 0. The van der Waals surface area contributed by atoms with E-state index in [1.807, 2.05) is 30.3 Å². The average molecular weight is 319 g/mol. The van der Waals surface area contributed by atoms with Crippen LogP contribution in [-0.4, -0.2) is 56.5 Å². The molecule has 0 aromatic heterocycles. The molecular formula is C17H25N3O3. The number of para-hydroxylation sites is 1. The van der Waals surface area contributed by atoms with E-state index in [1.54, 1.807) is 7.05 Å². The first-order chi connectivity index (χ1) is 11.2. The molecule has 1 fully saturated rings. The molecule has 0 spiro atoms. The third kappa shape index (κ3) is 5.90. The fraction of sp³-hybridized carbons (Fsp3) is 0.529. The van der Waals surface area contributed by atoms with Gasteiger partial charge < -0.3 is 15.4 Å². The minimum Gasteiger partial charge on any atom is -0.492 e. The molecule has 1 aliphatic heterocycles. The number of carbonyl (C=O) groups excluding carboxylic acids is 2. The largest absolute Gasteiger partial charge is 0.492 e. The number of rotatable bonds is 7. The molecule has 0 aliphatic carbocycles. The second kappa shape index (κ2) is 9.15. The van der Waals surface area contributed by atoms with Crippen molar-refractivity contribution in [3.8, 4) is 5.75 Å². The zero-order valence-corrected chi connectivity index (χ0v) is 13.6. The summed E-state index contributed by atoms with van der Waals surface area (Å²) in [5.74, 6) is 0.990. The van der Waals surface area contributed by atoms with Gasteiger partial charge in [0.2, 0.25) is 11.8 Å². The fourth-order valence-corrected chi connectivity index (χ4v) is 2.69. The minimum absolute atomic E-state index is 0.0000507. The van der Waals surface area contributed by atoms with E-state index in [0.29, 0.717) is 19.7 Å². The normalized spacial score (nSPS) is 15.9. The number of ether oxygens (including phenoxy) is 1. The third-order valence-electron chi connectivity index (χ3n) is 4.01. The van der Waals surface area contributed by atoms with Gasteiger partial charge >= 0.3 is 0 Å². The molecule has 6 nitrogen and oxygen atoms in total. The maximum Gasteiger partial charge on any atom is 0.234 e. The summed E-state index contributed by atoms with van der Waals surface area (Å²) < 4.78 is 5.53. The van der Waals surface area contributed by atoms with Crippen LogP contribution in [0.1, 0.15) is 12.8 Å². The highest BCUT2D eigenvalue weighted by molar-refractivity contribution is 5.79. The molecule has 0 radical (unpaired) electrons. The van der Waals surface area contributed by atoms with Crippen LogP contribution in [0.25, 0.3) is 0 Å². The lowest BCUT2D eigenvalue weighted by Gasteiger charge is -2.30. The van der Waals surface area contributed by atoms with Crippen LogP contribution in [-0.2, 0) is 9.59 Å². The first kappa shape index (κ1) is 17.3. The predicted octanol–water partition coefficient (Wildman–Crippen LogP) is 0.640. The van der Waals surface area contributed by atoms with Crippen molar-refractivity contribution in [2.24, 2.45) is 5.92 Å². The smallest absolute Gasteiger partial charge is 0.234 e. The molecule has 1 saturated heterocycles. The number of hydrogen-bond donors (Lipinski definition) is 2. The van der Waals surface area contributed by atoms with E-state index >= 15 is 0 Å². The Kier molecular flexibility index (Phi) is 6.87. The van der Waals surface area contributed by atoms with Crippen LogP contribution in [0.2, 0.25) is 0 Å².